The molecule has 1 aliphatic carbocycles. The van der Waals surface area contributed by atoms with Gasteiger partial charge in [0.2, 0.25) is 6.29 Å². The number of hydrogen-bond acceptors (Lipinski definition) is 14. The van der Waals surface area contributed by atoms with Crippen LogP contribution in [0.25, 0.3) is 17.2 Å². The van der Waals surface area contributed by atoms with Gasteiger partial charge in [0, 0.05) is 47.0 Å². The number of pyridine rings is 1. The maximum Gasteiger partial charge on any atom is 0.412 e. The van der Waals surface area contributed by atoms with Crippen molar-refractivity contribution < 1.29 is 57.1 Å². The number of carbonyl (C=O) groups is 5. The van der Waals surface area contributed by atoms with Crippen LogP contribution in [0.2, 0.25) is 0 Å². The highest BCUT2D eigenvalue weighted by atomic mass is 16.8. The molecule has 3 aliphatic rings. The third kappa shape index (κ3) is 10.5. The van der Waals surface area contributed by atoms with E-state index in [9.17, 15) is 24.0 Å². The molecule has 0 radical (unpaired) electrons. The minimum atomic E-state index is -1.30. The number of rotatable bonds is 15. The SMILES string of the molecule is C=Cc1cc(C(=O)Nc2ccc(C(=N)NC(=O)OC[C@H]3OC[C@@H]4OC(C)(C)O[C@@H]43)cc2)c(-c2ccc(C(=O)NCC3CC3)nc2C(=O)OC(C)OC(=O)C(C)C)cc1OC. The molecule has 1 unspecified atom stereocenters. The first-order valence-electron chi connectivity index (χ1n) is 19.5. The van der Waals surface area contributed by atoms with Crippen molar-refractivity contribution in [1.82, 2.24) is 15.6 Å². The van der Waals surface area contributed by atoms with Crippen LogP contribution in [0.3, 0.4) is 0 Å². The molecule has 318 valence electrons. The lowest BCUT2D eigenvalue weighted by Gasteiger charge is -2.21. The molecule has 3 heterocycles. The quantitative estimate of drug-likeness (QED) is 0.0647. The molecule has 1 aromatic heterocycles. The van der Waals surface area contributed by atoms with E-state index < -0.39 is 53.9 Å². The summed E-state index contributed by atoms with van der Waals surface area (Å²) in [5.74, 6) is -3.50. The van der Waals surface area contributed by atoms with E-state index in [-0.39, 0.29) is 52.7 Å². The average Bonchev–Trinajstić information content (AvgIpc) is 3.91. The molecule has 60 heavy (non-hydrogen) atoms. The topological polar surface area (TPSA) is 223 Å². The number of methoxy groups -OCH3 is 1. The van der Waals surface area contributed by atoms with Crippen LogP contribution in [0, 0.1) is 17.2 Å². The highest BCUT2D eigenvalue weighted by Gasteiger charge is 2.50. The molecule has 4 atom stereocenters. The summed E-state index contributed by atoms with van der Waals surface area (Å²) in [5, 5.41) is 16.5. The summed E-state index contributed by atoms with van der Waals surface area (Å²) in [6, 6.07) is 12.1. The van der Waals surface area contributed by atoms with E-state index in [4.69, 9.17) is 38.6 Å². The lowest BCUT2D eigenvalue weighted by atomic mass is 9.94. The predicted octanol–water partition coefficient (Wildman–Crippen LogP) is 5.46. The minimum absolute atomic E-state index is 0.0638. The Morgan fingerprint density at radius 3 is 2.38 bits per heavy atom. The molecule has 0 spiro atoms. The molecule has 2 aliphatic heterocycles. The Kier molecular flexibility index (Phi) is 13.3. The van der Waals surface area contributed by atoms with Crippen LogP contribution >= 0.6 is 0 Å². The normalized spacial score (nSPS) is 19.4. The van der Waals surface area contributed by atoms with Crippen molar-refractivity contribution in [3.8, 4) is 16.9 Å². The number of aromatic nitrogens is 1. The molecule has 2 saturated heterocycles. The van der Waals surface area contributed by atoms with Gasteiger partial charge in [-0.3, -0.25) is 25.1 Å². The summed E-state index contributed by atoms with van der Waals surface area (Å²) in [6.45, 7) is 12.8. The van der Waals surface area contributed by atoms with E-state index in [1.54, 1.807) is 27.7 Å². The summed E-state index contributed by atoms with van der Waals surface area (Å²) in [6.07, 6.45) is 0.206. The molecular formula is C43H49N5O12. The van der Waals surface area contributed by atoms with Gasteiger partial charge in [0.1, 0.15) is 42.2 Å². The van der Waals surface area contributed by atoms with Crippen molar-refractivity contribution in [2.45, 2.75) is 77.8 Å². The fourth-order valence-electron chi connectivity index (χ4n) is 6.53. The molecule has 2 aromatic carbocycles. The van der Waals surface area contributed by atoms with Crippen LogP contribution in [0.5, 0.6) is 5.75 Å². The van der Waals surface area contributed by atoms with E-state index >= 15 is 0 Å². The van der Waals surface area contributed by atoms with Crippen molar-refractivity contribution in [2.75, 3.05) is 32.2 Å². The van der Waals surface area contributed by atoms with Gasteiger partial charge in [-0.1, -0.05) is 26.5 Å². The number of amidine groups is 1. The van der Waals surface area contributed by atoms with Gasteiger partial charge < -0.3 is 43.8 Å². The maximum absolute atomic E-state index is 14.1. The molecule has 3 aromatic rings. The summed E-state index contributed by atoms with van der Waals surface area (Å²) in [4.78, 5) is 70.2. The molecular weight excluding hydrogens is 778 g/mol. The van der Waals surface area contributed by atoms with Gasteiger partial charge in [-0.2, -0.15) is 0 Å². The largest absolute Gasteiger partial charge is 0.496 e. The van der Waals surface area contributed by atoms with Gasteiger partial charge in [0.15, 0.2) is 11.5 Å². The van der Waals surface area contributed by atoms with Crippen molar-refractivity contribution in [1.29, 1.82) is 5.41 Å². The zero-order valence-electron chi connectivity index (χ0n) is 34.2. The summed E-state index contributed by atoms with van der Waals surface area (Å²) < 4.78 is 38.9. The second kappa shape index (κ2) is 18.4. The van der Waals surface area contributed by atoms with Crippen LogP contribution in [-0.4, -0.2) is 97.9 Å². The van der Waals surface area contributed by atoms with E-state index in [0.717, 1.165) is 12.8 Å². The fourth-order valence-corrected chi connectivity index (χ4v) is 6.53. The van der Waals surface area contributed by atoms with Crippen molar-refractivity contribution in [3.05, 3.63) is 83.2 Å². The first kappa shape index (κ1) is 43.4. The van der Waals surface area contributed by atoms with E-state index in [2.05, 4.69) is 27.5 Å². The smallest absolute Gasteiger partial charge is 0.412 e. The number of alkyl carbamates (subject to hydrolysis) is 1. The molecule has 17 heteroatoms. The number of carbonyl (C=O) groups excluding carboxylic acids is 5. The number of nitrogens with one attached hydrogen (secondary N) is 4. The van der Waals surface area contributed by atoms with Crippen LogP contribution < -0.4 is 20.7 Å². The first-order chi connectivity index (χ1) is 28.5. The Balaban J connectivity index is 1.20. The molecule has 1 saturated carbocycles. The Labute approximate surface area is 346 Å². The van der Waals surface area contributed by atoms with Crippen molar-refractivity contribution in [3.63, 3.8) is 0 Å². The number of amides is 3. The highest BCUT2D eigenvalue weighted by Crippen LogP contribution is 2.36. The Morgan fingerprint density at radius 1 is 0.983 bits per heavy atom. The van der Waals surface area contributed by atoms with Crippen LogP contribution in [0.1, 0.15) is 89.9 Å². The Hall–Kier alpha value is -6.17. The molecule has 4 N–H and O–H groups in total. The third-order valence-electron chi connectivity index (χ3n) is 9.82. The molecule has 3 fully saturated rings. The van der Waals surface area contributed by atoms with Gasteiger partial charge in [-0.05, 0) is 81.1 Å². The molecule has 6 rings (SSSR count). The second-order valence-corrected chi connectivity index (χ2v) is 15.3. The van der Waals surface area contributed by atoms with E-state index in [1.165, 1.54) is 68.6 Å². The number of fused-ring (bicyclic) bond motifs is 1. The minimum Gasteiger partial charge on any atom is -0.496 e. The number of ether oxygens (including phenoxy) is 7. The van der Waals surface area contributed by atoms with Gasteiger partial charge in [0.25, 0.3) is 11.8 Å². The van der Waals surface area contributed by atoms with Gasteiger partial charge >= 0.3 is 18.0 Å². The summed E-state index contributed by atoms with van der Waals surface area (Å²) in [5.41, 5.74) is 1.12. The second-order valence-electron chi connectivity index (χ2n) is 15.3. The lowest BCUT2D eigenvalue weighted by molar-refractivity contribution is -0.177. The number of hydrogen-bond donors (Lipinski definition) is 4. The first-order valence-corrected chi connectivity index (χ1v) is 19.5. The standard InChI is InChI=1S/C43H49N5O12/c1-8-25-17-30(38(49)46-27-13-11-26(12-14-27)37(44)48-42(53)56-20-33-36-34(21-55-33)59-43(5,6)60-36)29(18-32(25)54-7)28-15-16-31(39(50)45-19-24-9-10-24)47-35(28)41(52)58-23(4)57-40(51)22(2)3/h8,11-18,22-24,33-34,36H,1,9-10,19-21H2,2-7H3,(H,45,50)(H,46,49)(H2,44,48,53)/t23?,33-,34+,36-/m1/s1. The Morgan fingerprint density at radius 2 is 1.72 bits per heavy atom. The van der Waals surface area contributed by atoms with Crippen LogP contribution in [-0.2, 0) is 33.2 Å². The number of nitrogens with zero attached hydrogens (tertiary/aromatic N) is 1. The van der Waals surface area contributed by atoms with Crippen LogP contribution in [0.4, 0.5) is 10.5 Å². The average molecular weight is 828 g/mol. The van der Waals surface area contributed by atoms with Crippen molar-refractivity contribution in [2.24, 2.45) is 11.8 Å². The molecule has 3 amide bonds. The van der Waals surface area contributed by atoms with E-state index in [0.29, 0.717) is 41.6 Å². The molecule has 17 nitrogen and oxygen atoms in total. The van der Waals surface area contributed by atoms with Crippen molar-refractivity contribution >= 4 is 47.4 Å². The monoisotopic (exact) mass is 827 g/mol. The van der Waals surface area contributed by atoms with Crippen LogP contribution in [0.15, 0.2) is 55.1 Å². The Bertz CT molecular complexity index is 2170. The van der Waals surface area contributed by atoms with Gasteiger partial charge in [-0.25, -0.2) is 14.6 Å². The third-order valence-corrected chi connectivity index (χ3v) is 9.82. The summed E-state index contributed by atoms with van der Waals surface area (Å²) in [7, 11) is 1.43. The highest BCUT2D eigenvalue weighted by molar-refractivity contribution is 6.11. The summed E-state index contributed by atoms with van der Waals surface area (Å²) >= 11 is 0. The number of benzene rings is 2. The fraction of sp³-hybridized carbons (Fsp3) is 0.419. The maximum atomic E-state index is 14.1. The number of anilines is 1. The predicted molar refractivity (Wildman–Crippen MR) is 216 cm³/mol. The zero-order chi connectivity index (χ0) is 43.3. The van der Waals surface area contributed by atoms with Gasteiger partial charge in [0.05, 0.1) is 19.6 Å². The number of esters is 2. The zero-order valence-corrected chi connectivity index (χ0v) is 34.2. The van der Waals surface area contributed by atoms with Gasteiger partial charge in [-0.15, -0.1) is 0 Å². The lowest BCUT2D eigenvalue weighted by Crippen LogP contribution is -2.37. The van der Waals surface area contributed by atoms with E-state index in [1.807, 2.05) is 0 Å². The molecule has 0 bridgehead atoms.